The molecule has 0 spiro atoms. The van der Waals surface area contributed by atoms with Gasteiger partial charge in [-0.05, 0) is 12.0 Å². The second-order valence-electron chi connectivity index (χ2n) is 4.05. The molecule has 1 aromatic heterocycles. The molecule has 2 rings (SSSR count). The molecule has 5 heteroatoms. The molecule has 94 valence electrons. The predicted molar refractivity (Wildman–Crippen MR) is 70.7 cm³/mol. The maximum absolute atomic E-state index is 8.05. The van der Waals surface area contributed by atoms with Gasteiger partial charge >= 0.3 is 0 Å². The Labute approximate surface area is 106 Å². The fourth-order valence-electron chi connectivity index (χ4n) is 1.74. The van der Waals surface area contributed by atoms with Crippen LogP contribution in [0, 0.1) is 5.41 Å². The van der Waals surface area contributed by atoms with E-state index in [1.807, 2.05) is 24.3 Å². The molecule has 1 heterocycles. The number of benzene rings is 1. The monoisotopic (exact) mass is 243 g/mol. The molecule has 1 aromatic carbocycles. The van der Waals surface area contributed by atoms with Crippen LogP contribution in [0.25, 0.3) is 0 Å². The molecule has 2 aromatic rings. The third-order valence-electron chi connectivity index (χ3n) is 2.64. The van der Waals surface area contributed by atoms with Crippen LogP contribution in [0.4, 0.5) is 0 Å². The lowest BCUT2D eigenvalue weighted by atomic mass is 10.1. The SMILES string of the molecule is CCCNC(=N)c1ccccc1Cn1cncn1. The fraction of sp³-hybridized carbons (Fsp3) is 0.308. The lowest BCUT2D eigenvalue weighted by molar-refractivity contribution is 0.683. The van der Waals surface area contributed by atoms with Gasteiger partial charge in [-0.3, -0.25) is 5.41 Å². The Bertz CT molecular complexity index is 504. The zero-order valence-corrected chi connectivity index (χ0v) is 10.4. The van der Waals surface area contributed by atoms with Gasteiger partial charge in [0.1, 0.15) is 18.5 Å². The number of aromatic nitrogens is 3. The highest BCUT2D eigenvalue weighted by atomic mass is 15.3. The number of amidine groups is 1. The Morgan fingerprint density at radius 3 is 2.94 bits per heavy atom. The quantitative estimate of drug-likeness (QED) is 0.620. The Hall–Kier alpha value is -2.17. The molecule has 0 saturated heterocycles. The van der Waals surface area contributed by atoms with Gasteiger partial charge in [0.05, 0.1) is 6.54 Å². The summed E-state index contributed by atoms with van der Waals surface area (Å²) in [5.41, 5.74) is 1.98. The molecule has 0 atom stereocenters. The summed E-state index contributed by atoms with van der Waals surface area (Å²) in [6.07, 6.45) is 4.21. The van der Waals surface area contributed by atoms with Crippen LogP contribution in [0.2, 0.25) is 0 Å². The smallest absolute Gasteiger partial charge is 0.137 e. The molecule has 0 aliphatic carbocycles. The van der Waals surface area contributed by atoms with Gasteiger partial charge in [-0.2, -0.15) is 5.10 Å². The van der Waals surface area contributed by atoms with Crippen molar-refractivity contribution in [3.05, 3.63) is 48.0 Å². The van der Waals surface area contributed by atoms with E-state index in [1.165, 1.54) is 6.33 Å². The molecule has 5 nitrogen and oxygen atoms in total. The van der Waals surface area contributed by atoms with Gasteiger partial charge in [-0.1, -0.05) is 31.2 Å². The van der Waals surface area contributed by atoms with E-state index in [4.69, 9.17) is 5.41 Å². The summed E-state index contributed by atoms with van der Waals surface area (Å²) in [6, 6.07) is 7.89. The third-order valence-corrected chi connectivity index (χ3v) is 2.64. The van der Waals surface area contributed by atoms with Crippen LogP contribution in [0.5, 0.6) is 0 Å². The lowest BCUT2D eigenvalue weighted by Gasteiger charge is -2.11. The highest BCUT2D eigenvalue weighted by Crippen LogP contribution is 2.10. The Morgan fingerprint density at radius 1 is 1.39 bits per heavy atom. The van der Waals surface area contributed by atoms with Crippen LogP contribution < -0.4 is 5.32 Å². The van der Waals surface area contributed by atoms with Gasteiger partial charge in [0.2, 0.25) is 0 Å². The van der Waals surface area contributed by atoms with Crippen molar-refractivity contribution >= 4 is 5.84 Å². The van der Waals surface area contributed by atoms with E-state index in [0.717, 1.165) is 24.1 Å². The van der Waals surface area contributed by atoms with Crippen molar-refractivity contribution in [2.45, 2.75) is 19.9 Å². The highest BCUT2D eigenvalue weighted by Gasteiger charge is 2.07. The summed E-state index contributed by atoms with van der Waals surface area (Å²) >= 11 is 0. The molecule has 0 aliphatic heterocycles. The molecule has 0 saturated carbocycles. The summed E-state index contributed by atoms with van der Waals surface area (Å²) in [5.74, 6) is 0.465. The summed E-state index contributed by atoms with van der Waals surface area (Å²) in [7, 11) is 0. The van der Waals surface area contributed by atoms with Crippen LogP contribution in [-0.4, -0.2) is 27.1 Å². The summed E-state index contributed by atoms with van der Waals surface area (Å²) < 4.78 is 1.76. The van der Waals surface area contributed by atoms with Crippen LogP contribution in [0.15, 0.2) is 36.9 Å². The highest BCUT2D eigenvalue weighted by molar-refractivity contribution is 5.97. The first-order chi connectivity index (χ1) is 8.81. The summed E-state index contributed by atoms with van der Waals surface area (Å²) in [4.78, 5) is 3.93. The van der Waals surface area contributed by atoms with E-state index < -0.39 is 0 Å². The third kappa shape index (κ3) is 2.94. The normalized spacial score (nSPS) is 10.3. The molecular formula is C13H17N5. The largest absolute Gasteiger partial charge is 0.370 e. The first-order valence-corrected chi connectivity index (χ1v) is 6.04. The van der Waals surface area contributed by atoms with Crippen LogP contribution in [0.1, 0.15) is 24.5 Å². The molecule has 18 heavy (non-hydrogen) atoms. The summed E-state index contributed by atoms with van der Waals surface area (Å²) in [6.45, 7) is 3.53. The second kappa shape index (κ2) is 5.95. The van der Waals surface area contributed by atoms with Crippen LogP contribution in [-0.2, 0) is 6.54 Å². The van der Waals surface area contributed by atoms with E-state index in [2.05, 4.69) is 22.3 Å². The fourth-order valence-corrected chi connectivity index (χ4v) is 1.74. The molecule has 0 aliphatic rings. The average Bonchev–Trinajstić information content (AvgIpc) is 2.89. The van der Waals surface area contributed by atoms with Crippen molar-refractivity contribution < 1.29 is 0 Å². The second-order valence-corrected chi connectivity index (χ2v) is 4.05. The van der Waals surface area contributed by atoms with Gasteiger partial charge in [0.15, 0.2) is 0 Å². The standard InChI is InChI=1S/C13H17N5/c1-2-7-16-13(14)12-6-4-3-5-11(12)8-18-10-15-9-17-18/h3-6,9-10H,2,7-8H2,1H3,(H2,14,16). The Morgan fingerprint density at radius 2 is 2.22 bits per heavy atom. The first-order valence-electron chi connectivity index (χ1n) is 6.04. The molecule has 0 bridgehead atoms. The first kappa shape index (κ1) is 12.3. The number of rotatable bonds is 5. The van der Waals surface area contributed by atoms with Crippen molar-refractivity contribution in [2.24, 2.45) is 0 Å². The van der Waals surface area contributed by atoms with Crippen molar-refractivity contribution in [3.63, 3.8) is 0 Å². The van der Waals surface area contributed by atoms with E-state index in [9.17, 15) is 0 Å². The van der Waals surface area contributed by atoms with Gasteiger partial charge in [-0.15, -0.1) is 0 Å². The van der Waals surface area contributed by atoms with Crippen LogP contribution >= 0.6 is 0 Å². The number of hydrogen-bond acceptors (Lipinski definition) is 3. The van der Waals surface area contributed by atoms with E-state index in [-0.39, 0.29) is 0 Å². The van der Waals surface area contributed by atoms with E-state index in [1.54, 1.807) is 11.0 Å². The van der Waals surface area contributed by atoms with Gasteiger partial charge < -0.3 is 5.32 Å². The zero-order valence-electron chi connectivity index (χ0n) is 10.4. The topological polar surface area (TPSA) is 66.6 Å². The number of nitrogens with one attached hydrogen (secondary N) is 2. The number of hydrogen-bond donors (Lipinski definition) is 2. The minimum Gasteiger partial charge on any atom is -0.370 e. The molecule has 0 amide bonds. The van der Waals surface area contributed by atoms with Crippen molar-refractivity contribution in [1.29, 1.82) is 5.41 Å². The number of nitrogens with zero attached hydrogens (tertiary/aromatic N) is 3. The van der Waals surface area contributed by atoms with Gasteiger partial charge in [0, 0.05) is 12.1 Å². The van der Waals surface area contributed by atoms with E-state index in [0.29, 0.717) is 12.4 Å². The average molecular weight is 243 g/mol. The molecule has 2 N–H and O–H groups in total. The minimum absolute atomic E-state index is 0.465. The minimum atomic E-state index is 0.465. The Balaban J connectivity index is 2.17. The van der Waals surface area contributed by atoms with Gasteiger partial charge in [-0.25, -0.2) is 9.67 Å². The Kier molecular flexibility index (Phi) is 4.06. The maximum Gasteiger partial charge on any atom is 0.137 e. The van der Waals surface area contributed by atoms with E-state index >= 15 is 0 Å². The van der Waals surface area contributed by atoms with Crippen molar-refractivity contribution in [2.75, 3.05) is 6.54 Å². The predicted octanol–water partition coefficient (Wildman–Crippen LogP) is 1.65. The van der Waals surface area contributed by atoms with Crippen LogP contribution in [0.3, 0.4) is 0 Å². The zero-order chi connectivity index (χ0) is 12.8. The molecule has 0 unspecified atom stereocenters. The van der Waals surface area contributed by atoms with Gasteiger partial charge in [0.25, 0.3) is 0 Å². The lowest BCUT2D eigenvalue weighted by Crippen LogP contribution is -2.25. The summed E-state index contributed by atoms with van der Waals surface area (Å²) in [5, 5.41) is 15.2. The molecule has 0 radical (unpaired) electrons. The van der Waals surface area contributed by atoms with Crippen molar-refractivity contribution in [1.82, 2.24) is 20.1 Å². The van der Waals surface area contributed by atoms with Crippen molar-refractivity contribution in [3.8, 4) is 0 Å². The molecule has 0 fully saturated rings. The maximum atomic E-state index is 8.05. The molecular weight excluding hydrogens is 226 g/mol.